The summed E-state index contributed by atoms with van der Waals surface area (Å²) in [5, 5.41) is 24.1. The summed E-state index contributed by atoms with van der Waals surface area (Å²) < 4.78 is 56.2. The molecule has 1 aromatic heterocycles. The Hall–Kier alpha value is -4.70. The number of aldehydes is 1. The number of rotatable bonds is 17. The Balaban J connectivity index is 1.45. The second-order valence-electron chi connectivity index (χ2n) is 20.7. The zero-order valence-electron chi connectivity index (χ0n) is 45.7. The Morgan fingerprint density at radius 1 is 0.947 bits per heavy atom. The van der Waals surface area contributed by atoms with Gasteiger partial charge in [-0.1, -0.05) is 57.2 Å². The number of aliphatic hydroxyl groups is 2. The maximum Gasteiger partial charge on any atom is 0.309 e. The minimum Gasteiger partial charge on any atom is -0.462 e. The summed E-state index contributed by atoms with van der Waals surface area (Å²) in [6.07, 6.45) is -4.71. The minimum atomic E-state index is -1.44. The smallest absolute Gasteiger partial charge is 0.309 e. The average Bonchev–Trinajstić information content (AvgIpc) is 3.35. The molecule has 75 heavy (non-hydrogen) atoms. The summed E-state index contributed by atoms with van der Waals surface area (Å²) in [6.45, 7) is 12.4. The Morgan fingerprint density at radius 2 is 1.68 bits per heavy atom. The molecular formula is C56H83N3O16. The largest absolute Gasteiger partial charge is 0.462 e. The monoisotopic (exact) mass is 1050 g/mol. The second-order valence-corrected chi connectivity index (χ2v) is 20.7. The highest BCUT2D eigenvalue weighted by Gasteiger charge is 2.54. The maximum atomic E-state index is 14.2. The van der Waals surface area contributed by atoms with Crippen LogP contribution in [0.3, 0.4) is 0 Å². The number of hydrogen-bond donors (Lipinski definition) is 2. The quantitative estimate of drug-likeness (QED) is 0.110. The van der Waals surface area contributed by atoms with E-state index in [2.05, 4.69) is 4.98 Å². The number of cyclic esters (lactones) is 1. The number of benzene rings is 1. The first-order valence-electron chi connectivity index (χ1n) is 26.5. The van der Waals surface area contributed by atoms with Gasteiger partial charge in [0.05, 0.1) is 42.6 Å². The van der Waals surface area contributed by atoms with Crippen LogP contribution in [0.4, 0.5) is 0 Å². The van der Waals surface area contributed by atoms with Crippen LogP contribution in [0.2, 0.25) is 0 Å². The molecule has 0 radical (unpaired) electrons. The Morgan fingerprint density at radius 3 is 2.33 bits per heavy atom. The molecule has 5 unspecified atom stereocenters. The van der Waals surface area contributed by atoms with Crippen molar-refractivity contribution in [3.05, 3.63) is 60.3 Å². The van der Waals surface area contributed by atoms with Crippen LogP contribution < -0.4 is 0 Å². The highest BCUT2D eigenvalue weighted by molar-refractivity contribution is 5.73. The first-order chi connectivity index (χ1) is 35.7. The van der Waals surface area contributed by atoms with Gasteiger partial charge in [-0.05, 0) is 103 Å². The number of β-amino-alcohol motifs (C(OH)–C–C–N with tert-alkyl or cyclic N) is 1. The lowest BCUT2D eigenvalue weighted by molar-refractivity contribution is -0.344. The van der Waals surface area contributed by atoms with Gasteiger partial charge in [0, 0.05) is 64.4 Å². The van der Waals surface area contributed by atoms with E-state index in [0.29, 0.717) is 32.4 Å². The molecule has 4 heterocycles. The van der Waals surface area contributed by atoms with Gasteiger partial charge in [-0.2, -0.15) is 0 Å². The fourth-order valence-electron chi connectivity index (χ4n) is 10.5. The normalized spacial score (nSPS) is 33.8. The molecule has 16 atom stereocenters. The third-order valence-electron chi connectivity index (χ3n) is 14.4. The van der Waals surface area contributed by atoms with Crippen LogP contribution in [-0.2, 0) is 66.6 Å². The van der Waals surface area contributed by atoms with Gasteiger partial charge in [0.15, 0.2) is 24.3 Å². The van der Waals surface area contributed by atoms with Crippen LogP contribution >= 0.6 is 0 Å². The van der Waals surface area contributed by atoms with Crippen LogP contribution in [0.15, 0.2) is 54.7 Å². The van der Waals surface area contributed by atoms with E-state index in [9.17, 15) is 34.2 Å². The topological polar surface area (TPSA) is 228 Å². The van der Waals surface area contributed by atoms with Crippen molar-refractivity contribution in [1.29, 1.82) is 0 Å². The van der Waals surface area contributed by atoms with Gasteiger partial charge >= 0.3 is 23.9 Å². The predicted octanol–water partition coefficient (Wildman–Crippen LogP) is 5.69. The standard InChI is InChI=1S/C56H83N3O16/c1-12-45(63)71-44-31-47(65)70-41(22-17-20-38-19-16-21-39(30-38)42-24-14-15-26-57-42)23-18-27-59(10)33-43(62)34(3)29-40(25-28-60)52(53(44)67-11)74-55-50(66)49(58(8)9)51(35(4)69-55)73-48-32-56(7,75-37(6)61)54(36(5)68-48)72-46(64)13-2/h14-17,19-21,24,26,28,30,34-36,40-41,43-44,48-55,62,66H,12-13,18,22-23,25,27,29,31-33H2,1-11H3/b20-17+/t34-,35?,36?,40+,41+,43+,44-,48+,49?,50?,51-,52+,53+,54+,55+,56?/m1/s1. The highest BCUT2D eigenvalue weighted by Crippen LogP contribution is 2.39. The van der Waals surface area contributed by atoms with Crippen molar-refractivity contribution >= 4 is 36.2 Å². The van der Waals surface area contributed by atoms with E-state index in [1.807, 2.05) is 73.5 Å². The van der Waals surface area contributed by atoms with E-state index in [0.717, 1.165) is 23.1 Å². The fraction of sp³-hybridized carbons (Fsp3) is 0.679. The zero-order valence-corrected chi connectivity index (χ0v) is 45.7. The summed E-state index contributed by atoms with van der Waals surface area (Å²) in [5.74, 6) is -3.47. The van der Waals surface area contributed by atoms with E-state index >= 15 is 0 Å². The number of pyridine rings is 1. The number of carbonyl (C=O) groups excluding carboxylic acids is 5. The molecule has 0 amide bonds. The maximum absolute atomic E-state index is 14.2. The molecular weight excluding hydrogens is 971 g/mol. The first-order valence-corrected chi connectivity index (χ1v) is 26.5. The van der Waals surface area contributed by atoms with E-state index < -0.39 is 127 Å². The Labute approximate surface area is 442 Å². The molecule has 3 saturated heterocycles. The fourth-order valence-corrected chi connectivity index (χ4v) is 10.5. The van der Waals surface area contributed by atoms with Crippen molar-refractivity contribution in [3.8, 4) is 11.3 Å². The third-order valence-corrected chi connectivity index (χ3v) is 14.4. The van der Waals surface area contributed by atoms with E-state index in [1.165, 1.54) is 14.0 Å². The minimum absolute atomic E-state index is 0.0255. The second kappa shape index (κ2) is 29.2. The van der Waals surface area contributed by atoms with Crippen LogP contribution in [-0.4, -0.2) is 182 Å². The molecule has 0 aliphatic carbocycles. The van der Waals surface area contributed by atoms with Crippen molar-refractivity contribution in [2.75, 3.05) is 41.3 Å². The molecule has 0 spiro atoms. The van der Waals surface area contributed by atoms with Gasteiger partial charge in [-0.15, -0.1) is 0 Å². The number of ether oxygens (including phenoxy) is 9. The number of aromatic nitrogens is 1. The van der Waals surface area contributed by atoms with Crippen molar-refractivity contribution in [1.82, 2.24) is 14.8 Å². The molecule has 0 bridgehead atoms. The third kappa shape index (κ3) is 17.4. The number of likely N-dealkylation sites (N-methyl/N-ethyl adjacent to an activating group) is 2. The number of methoxy groups -OCH3 is 1. The predicted molar refractivity (Wildman–Crippen MR) is 276 cm³/mol. The van der Waals surface area contributed by atoms with Crippen LogP contribution in [0.5, 0.6) is 0 Å². The summed E-state index contributed by atoms with van der Waals surface area (Å²) in [7, 11) is 6.80. The molecule has 3 fully saturated rings. The van der Waals surface area contributed by atoms with Gasteiger partial charge in [0.1, 0.15) is 36.8 Å². The molecule has 3 aliphatic heterocycles. The van der Waals surface area contributed by atoms with E-state index in [-0.39, 0.29) is 32.1 Å². The van der Waals surface area contributed by atoms with Crippen molar-refractivity contribution in [3.63, 3.8) is 0 Å². The van der Waals surface area contributed by atoms with Gasteiger partial charge < -0.3 is 67.4 Å². The Bertz CT molecular complexity index is 2160. The lowest BCUT2D eigenvalue weighted by Crippen LogP contribution is -2.66. The summed E-state index contributed by atoms with van der Waals surface area (Å²) in [6, 6.07) is 12.9. The lowest BCUT2D eigenvalue weighted by atomic mass is 9.82. The number of aliphatic hydroxyl groups excluding tert-OH is 2. The van der Waals surface area contributed by atoms with Crippen molar-refractivity contribution in [2.24, 2.45) is 11.8 Å². The van der Waals surface area contributed by atoms with Gasteiger partial charge in [0.2, 0.25) is 0 Å². The van der Waals surface area contributed by atoms with Crippen LogP contribution in [0.25, 0.3) is 17.3 Å². The zero-order chi connectivity index (χ0) is 55.0. The lowest BCUT2D eigenvalue weighted by Gasteiger charge is -2.50. The van der Waals surface area contributed by atoms with Crippen molar-refractivity contribution < 1.29 is 76.8 Å². The summed E-state index contributed by atoms with van der Waals surface area (Å²) >= 11 is 0. The molecule has 0 saturated carbocycles. The molecule has 5 rings (SSSR count). The molecule has 19 nitrogen and oxygen atoms in total. The molecule has 2 N–H and O–H groups in total. The van der Waals surface area contributed by atoms with Crippen molar-refractivity contribution in [2.45, 2.75) is 192 Å². The van der Waals surface area contributed by atoms with E-state index in [4.69, 9.17) is 42.6 Å². The summed E-state index contributed by atoms with van der Waals surface area (Å²) in [5.41, 5.74) is 1.41. The summed E-state index contributed by atoms with van der Waals surface area (Å²) in [4.78, 5) is 73.3. The molecule has 19 heteroatoms. The highest BCUT2D eigenvalue weighted by atomic mass is 16.7. The average molecular weight is 1050 g/mol. The number of carbonyl (C=O) groups is 5. The first kappa shape index (κ1) is 61.2. The molecule has 3 aliphatic rings. The van der Waals surface area contributed by atoms with Gasteiger partial charge in [-0.25, -0.2) is 0 Å². The van der Waals surface area contributed by atoms with E-state index in [1.54, 1.807) is 59.8 Å². The SMILES string of the molecule is CCC(=O)O[C@@H]1CC(=O)O[C@@H](C/C=C/c2cccc(-c3ccccn3)c2)CCCN(C)C[C@H](O)[C@H](C)C[C@H](CC=O)[C@H](O[C@@H]2OC(C)[C@@H](O[C@H]3CC(C)(OC(C)=O)[C@@H](OC(=O)CC)C(C)O3)C(N(C)C)C2O)[C@H]1OC. The molecule has 2 aromatic rings. The number of nitrogens with zero attached hydrogens (tertiary/aromatic N) is 3. The molecule has 418 valence electrons. The van der Waals surface area contributed by atoms with Crippen LogP contribution in [0, 0.1) is 11.8 Å². The van der Waals surface area contributed by atoms with Crippen LogP contribution in [0.1, 0.15) is 112 Å². The number of esters is 4. The molecule has 1 aromatic carbocycles. The van der Waals surface area contributed by atoms with Gasteiger partial charge in [0.25, 0.3) is 0 Å². The van der Waals surface area contributed by atoms with Gasteiger partial charge in [-0.3, -0.25) is 24.2 Å². The Kier molecular flexibility index (Phi) is 23.8. The number of hydrogen-bond acceptors (Lipinski definition) is 19.